The van der Waals surface area contributed by atoms with Crippen molar-refractivity contribution in [3.8, 4) is 0 Å². The Morgan fingerprint density at radius 2 is 1.90 bits per heavy atom. The van der Waals surface area contributed by atoms with Crippen LogP contribution in [0.3, 0.4) is 0 Å². The lowest BCUT2D eigenvalue weighted by Gasteiger charge is -2.14. The van der Waals surface area contributed by atoms with Crippen LogP contribution >= 0.6 is 7.82 Å². The second-order valence-corrected chi connectivity index (χ2v) is 5.09. The van der Waals surface area contributed by atoms with Crippen molar-refractivity contribution in [2.24, 2.45) is 0 Å². The van der Waals surface area contributed by atoms with E-state index in [1.165, 1.54) is 7.11 Å². The van der Waals surface area contributed by atoms with Gasteiger partial charge in [-0.25, -0.2) is 14.2 Å². The summed E-state index contributed by atoms with van der Waals surface area (Å²) in [6.45, 7) is 4.82. The SMILES string of the molecule is C=CC(=O)OCCNC(=O)OCCOP(=O)(OC)OCC. The summed E-state index contributed by atoms with van der Waals surface area (Å²) in [4.78, 5) is 21.9. The van der Waals surface area contributed by atoms with Gasteiger partial charge in [0, 0.05) is 13.2 Å². The Kier molecular flexibility index (Phi) is 10.5. The van der Waals surface area contributed by atoms with Crippen molar-refractivity contribution in [3.05, 3.63) is 12.7 Å². The number of carbonyl (C=O) groups excluding carboxylic acids is 2. The number of hydrogen-bond acceptors (Lipinski definition) is 8. The lowest BCUT2D eigenvalue weighted by atomic mass is 10.6. The molecule has 0 rings (SSSR count). The summed E-state index contributed by atoms with van der Waals surface area (Å²) in [5, 5.41) is 2.34. The van der Waals surface area contributed by atoms with E-state index in [2.05, 4.69) is 21.2 Å². The van der Waals surface area contributed by atoms with Gasteiger partial charge in [0.2, 0.25) is 0 Å². The van der Waals surface area contributed by atoms with Gasteiger partial charge in [-0.1, -0.05) is 6.58 Å². The summed E-state index contributed by atoms with van der Waals surface area (Å²) in [6.07, 6.45) is 0.291. The minimum atomic E-state index is -3.58. The molecule has 1 unspecified atom stereocenters. The van der Waals surface area contributed by atoms with Crippen LogP contribution in [-0.2, 0) is 32.4 Å². The highest BCUT2D eigenvalue weighted by Crippen LogP contribution is 2.48. The number of nitrogens with one attached hydrogen (secondary N) is 1. The predicted octanol–water partition coefficient (Wildman–Crippen LogP) is 1.25. The monoisotopic (exact) mass is 325 g/mol. The first kappa shape index (κ1) is 19.6. The summed E-state index contributed by atoms with van der Waals surface area (Å²) >= 11 is 0. The summed E-state index contributed by atoms with van der Waals surface area (Å²) in [6, 6.07) is 0. The van der Waals surface area contributed by atoms with E-state index in [9.17, 15) is 14.2 Å². The predicted molar refractivity (Wildman–Crippen MR) is 72.7 cm³/mol. The van der Waals surface area contributed by atoms with Crippen LogP contribution in [0, 0.1) is 0 Å². The molecule has 0 aliphatic rings. The molecule has 0 heterocycles. The summed E-state index contributed by atoms with van der Waals surface area (Å²) in [7, 11) is -2.39. The van der Waals surface area contributed by atoms with Crippen LogP contribution in [0.4, 0.5) is 4.79 Å². The number of phosphoric acid groups is 1. The molecule has 0 spiro atoms. The van der Waals surface area contributed by atoms with E-state index < -0.39 is 19.9 Å². The number of amides is 1. The Morgan fingerprint density at radius 3 is 2.48 bits per heavy atom. The Labute approximate surface area is 123 Å². The minimum Gasteiger partial charge on any atom is -0.461 e. The molecule has 0 fully saturated rings. The molecule has 9 nitrogen and oxygen atoms in total. The van der Waals surface area contributed by atoms with Gasteiger partial charge in [-0.15, -0.1) is 0 Å². The highest BCUT2D eigenvalue weighted by atomic mass is 31.2. The molecule has 0 aromatic rings. The third-order valence-corrected chi connectivity index (χ3v) is 3.38. The molecule has 21 heavy (non-hydrogen) atoms. The average molecular weight is 325 g/mol. The van der Waals surface area contributed by atoms with Gasteiger partial charge >= 0.3 is 19.9 Å². The van der Waals surface area contributed by atoms with Crippen molar-refractivity contribution in [1.29, 1.82) is 0 Å². The molecule has 10 heteroatoms. The summed E-state index contributed by atoms with van der Waals surface area (Å²) in [5.41, 5.74) is 0. The Hall–Kier alpha value is -1.41. The third-order valence-electron chi connectivity index (χ3n) is 1.86. The Bertz CT molecular complexity index is 386. The van der Waals surface area contributed by atoms with Gasteiger partial charge in [-0.2, -0.15) is 0 Å². The number of hydrogen-bond donors (Lipinski definition) is 1. The van der Waals surface area contributed by atoms with Crippen LogP contribution in [-0.4, -0.2) is 52.1 Å². The maximum absolute atomic E-state index is 11.7. The maximum atomic E-state index is 11.7. The minimum absolute atomic E-state index is 0.000327. The zero-order chi connectivity index (χ0) is 16.1. The first-order valence-electron chi connectivity index (χ1n) is 6.12. The van der Waals surface area contributed by atoms with E-state index in [0.29, 0.717) is 0 Å². The molecule has 122 valence electrons. The molecule has 1 amide bonds. The summed E-state index contributed by atoms with van der Waals surface area (Å²) < 4.78 is 35.3. The van der Waals surface area contributed by atoms with Crippen molar-refractivity contribution in [2.45, 2.75) is 6.92 Å². The third kappa shape index (κ3) is 10.0. The molecule has 0 saturated heterocycles. The van der Waals surface area contributed by atoms with E-state index in [4.69, 9.17) is 13.8 Å². The van der Waals surface area contributed by atoms with E-state index in [1.54, 1.807) is 6.92 Å². The fraction of sp³-hybridized carbons (Fsp3) is 0.636. The number of rotatable bonds is 11. The molecule has 0 radical (unpaired) electrons. The number of phosphoric ester groups is 1. The second kappa shape index (κ2) is 11.3. The molecule has 0 aliphatic heterocycles. The van der Waals surface area contributed by atoms with Gasteiger partial charge in [0.1, 0.15) is 13.2 Å². The number of carbonyl (C=O) groups is 2. The largest absolute Gasteiger partial charge is 0.474 e. The highest BCUT2D eigenvalue weighted by molar-refractivity contribution is 7.48. The standard InChI is InChI=1S/C11H20NO8P/c1-4-10(13)17-7-6-12-11(14)18-8-9-20-21(15,16-3)19-5-2/h4H,1,5-9H2,2-3H3,(H,12,14). The first-order valence-corrected chi connectivity index (χ1v) is 7.58. The smallest absolute Gasteiger partial charge is 0.461 e. The fourth-order valence-corrected chi connectivity index (χ4v) is 1.90. The molecule has 1 N–H and O–H groups in total. The molecule has 0 aliphatic carbocycles. The van der Waals surface area contributed by atoms with Crippen molar-refractivity contribution >= 4 is 19.9 Å². The lowest BCUT2D eigenvalue weighted by Crippen LogP contribution is -2.29. The van der Waals surface area contributed by atoms with Crippen molar-refractivity contribution < 1.29 is 37.2 Å². The van der Waals surface area contributed by atoms with Gasteiger partial charge in [0.05, 0.1) is 19.8 Å². The van der Waals surface area contributed by atoms with E-state index in [-0.39, 0.29) is 33.0 Å². The summed E-state index contributed by atoms with van der Waals surface area (Å²) in [5.74, 6) is -0.579. The van der Waals surface area contributed by atoms with Gasteiger partial charge < -0.3 is 14.8 Å². The normalized spacial score (nSPS) is 13.0. The zero-order valence-electron chi connectivity index (χ0n) is 12.0. The van der Waals surface area contributed by atoms with Crippen LogP contribution in [0.5, 0.6) is 0 Å². The molecule has 0 saturated carbocycles. The van der Waals surface area contributed by atoms with Crippen LogP contribution in [0.15, 0.2) is 12.7 Å². The average Bonchev–Trinajstić information content (AvgIpc) is 2.48. The van der Waals surface area contributed by atoms with Gasteiger partial charge in [0.25, 0.3) is 0 Å². The van der Waals surface area contributed by atoms with Gasteiger partial charge in [-0.05, 0) is 6.92 Å². The number of ether oxygens (including phenoxy) is 2. The van der Waals surface area contributed by atoms with Crippen LogP contribution in [0.1, 0.15) is 6.92 Å². The van der Waals surface area contributed by atoms with Crippen molar-refractivity contribution in [1.82, 2.24) is 5.32 Å². The van der Waals surface area contributed by atoms with Gasteiger partial charge in [-0.3, -0.25) is 13.6 Å². The molecular weight excluding hydrogens is 305 g/mol. The van der Waals surface area contributed by atoms with Crippen LogP contribution in [0.25, 0.3) is 0 Å². The molecule has 0 aromatic carbocycles. The highest BCUT2D eigenvalue weighted by Gasteiger charge is 2.23. The topological polar surface area (TPSA) is 109 Å². The van der Waals surface area contributed by atoms with Crippen molar-refractivity contribution in [3.63, 3.8) is 0 Å². The van der Waals surface area contributed by atoms with E-state index in [0.717, 1.165) is 6.08 Å². The molecule has 0 bridgehead atoms. The first-order chi connectivity index (χ1) is 9.97. The van der Waals surface area contributed by atoms with Gasteiger partial charge in [0.15, 0.2) is 0 Å². The quantitative estimate of drug-likeness (QED) is 0.262. The fourth-order valence-electron chi connectivity index (χ4n) is 0.999. The molecular formula is C11H20NO8P. The van der Waals surface area contributed by atoms with E-state index >= 15 is 0 Å². The van der Waals surface area contributed by atoms with Crippen LogP contribution < -0.4 is 5.32 Å². The Morgan fingerprint density at radius 1 is 1.19 bits per heavy atom. The number of esters is 1. The van der Waals surface area contributed by atoms with Crippen LogP contribution in [0.2, 0.25) is 0 Å². The maximum Gasteiger partial charge on any atom is 0.474 e. The zero-order valence-corrected chi connectivity index (χ0v) is 12.9. The number of alkyl carbamates (subject to hydrolysis) is 1. The second-order valence-electron chi connectivity index (χ2n) is 3.32. The van der Waals surface area contributed by atoms with Crippen molar-refractivity contribution in [2.75, 3.05) is 40.1 Å². The Balaban J connectivity index is 3.68. The van der Waals surface area contributed by atoms with E-state index in [1.807, 2.05) is 0 Å². The molecule has 1 atom stereocenters. The lowest BCUT2D eigenvalue weighted by molar-refractivity contribution is -0.137. The molecule has 0 aromatic heterocycles.